The molecule has 2 atom stereocenters. The van der Waals surface area contributed by atoms with Crippen LogP contribution < -0.4 is 19.7 Å². The first kappa shape index (κ1) is 32.5. The highest BCUT2D eigenvalue weighted by atomic mass is 16.6. The Kier molecular flexibility index (Phi) is 10.2. The molecular weight excluding hydrogens is 610 g/mol. The van der Waals surface area contributed by atoms with Crippen molar-refractivity contribution in [3.05, 3.63) is 84.1 Å². The minimum Gasteiger partial charge on any atom is -0.497 e. The normalized spacial score (nSPS) is 17.9. The fraction of sp³-hybridized carbons (Fsp3) is 0.361. The summed E-state index contributed by atoms with van der Waals surface area (Å²) < 4.78 is 17.2. The average molecular weight is 650 g/mol. The molecule has 12 heteroatoms. The van der Waals surface area contributed by atoms with Crippen LogP contribution in [0.15, 0.2) is 72.8 Å². The number of fused-ring (bicyclic) bond motifs is 1. The summed E-state index contributed by atoms with van der Waals surface area (Å²) in [5.74, 6) is 0.651. The van der Waals surface area contributed by atoms with Crippen molar-refractivity contribution in [2.75, 3.05) is 57.2 Å². The summed E-state index contributed by atoms with van der Waals surface area (Å²) in [6.07, 6.45) is 1.73. The quantitative estimate of drug-likeness (QED) is 0.247. The van der Waals surface area contributed by atoms with Crippen LogP contribution in [0.2, 0.25) is 0 Å². The number of likely N-dealkylation sites (tertiary alicyclic amines) is 1. The molecule has 0 aliphatic carbocycles. The number of anilines is 2. The number of rotatable bonds is 10. The molecule has 4 aromatic rings. The third kappa shape index (κ3) is 7.58. The number of hydrogen-bond donors (Lipinski definition) is 1. The van der Waals surface area contributed by atoms with E-state index < -0.39 is 18.0 Å². The summed E-state index contributed by atoms with van der Waals surface area (Å²) in [5, 5.41) is 14.4. The predicted molar refractivity (Wildman–Crippen MR) is 181 cm³/mol. The van der Waals surface area contributed by atoms with Gasteiger partial charge in [0.1, 0.15) is 30.5 Å². The average Bonchev–Trinajstić information content (AvgIpc) is 3.54. The number of benzene rings is 3. The third-order valence-corrected chi connectivity index (χ3v) is 8.89. The number of nitrogens with zero attached hydrogens (tertiary/aromatic N) is 6. The molecule has 2 fully saturated rings. The Morgan fingerprint density at radius 3 is 2.58 bits per heavy atom. The van der Waals surface area contributed by atoms with Crippen LogP contribution in [0.25, 0.3) is 10.8 Å². The molecule has 48 heavy (non-hydrogen) atoms. The van der Waals surface area contributed by atoms with Crippen molar-refractivity contribution in [3.8, 4) is 17.8 Å². The van der Waals surface area contributed by atoms with Gasteiger partial charge in [-0.2, -0.15) is 15.2 Å². The monoisotopic (exact) mass is 649 g/mol. The van der Waals surface area contributed by atoms with Crippen molar-refractivity contribution >= 4 is 34.3 Å². The summed E-state index contributed by atoms with van der Waals surface area (Å²) in [7, 11) is 3.65. The van der Waals surface area contributed by atoms with Crippen molar-refractivity contribution in [1.82, 2.24) is 19.8 Å². The Labute approximate surface area is 279 Å². The summed E-state index contributed by atoms with van der Waals surface area (Å²) in [6, 6.07) is 24.6. The van der Waals surface area contributed by atoms with E-state index in [0.717, 1.165) is 35.7 Å². The van der Waals surface area contributed by atoms with E-state index in [1.165, 1.54) is 0 Å². The Bertz CT molecular complexity index is 1800. The van der Waals surface area contributed by atoms with E-state index in [-0.39, 0.29) is 30.8 Å². The number of likely N-dealkylation sites (N-methyl/N-ethyl adjacent to an activating group) is 1. The number of carbonyl (C=O) groups is 2. The fourth-order valence-electron chi connectivity index (χ4n) is 6.19. The largest absolute Gasteiger partial charge is 0.497 e. The zero-order valence-electron chi connectivity index (χ0n) is 27.2. The molecule has 6 rings (SSSR count). The third-order valence-electron chi connectivity index (χ3n) is 8.89. The van der Waals surface area contributed by atoms with Gasteiger partial charge in [-0.15, -0.1) is 0 Å². The molecule has 2 amide bonds. The first-order valence-corrected chi connectivity index (χ1v) is 16.1. The van der Waals surface area contributed by atoms with Gasteiger partial charge in [0, 0.05) is 43.2 Å². The topological polar surface area (TPSA) is 133 Å². The Hall–Kier alpha value is -5.41. The number of nitriles is 1. The number of hydrogen-bond acceptors (Lipinski definition) is 10. The van der Waals surface area contributed by atoms with Crippen molar-refractivity contribution in [1.29, 1.82) is 5.26 Å². The molecule has 0 saturated carbocycles. The summed E-state index contributed by atoms with van der Waals surface area (Å²) in [5.41, 5.74) is 1.59. The highest BCUT2D eigenvalue weighted by Crippen LogP contribution is 2.30. The number of amides is 2. The number of ether oxygens (including phenoxy) is 3. The zero-order chi connectivity index (χ0) is 33.5. The van der Waals surface area contributed by atoms with E-state index in [9.17, 15) is 14.9 Å². The highest BCUT2D eigenvalue weighted by molar-refractivity contribution is 6.09. The lowest BCUT2D eigenvalue weighted by Crippen LogP contribution is -2.55. The van der Waals surface area contributed by atoms with Gasteiger partial charge in [-0.25, -0.2) is 4.79 Å². The molecule has 0 unspecified atom stereocenters. The predicted octanol–water partition coefficient (Wildman–Crippen LogP) is 5.10. The van der Waals surface area contributed by atoms with Crippen molar-refractivity contribution in [2.45, 2.75) is 38.0 Å². The maximum absolute atomic E-state index is 13.8. The van der Waals surface area contributed by atoms with E-state index in [2.05, 4.69) is 28.3 Å². The van der Waals surface area contributed by atoms with Crippen LogP contribution in [0.4, 0.5) is 16.3 Å². The van der Waals surface area contributed by atoms with Gasteiger partial charge < -0.3 is 34.2 Å². The second-order valence-corrected chi connectivity index (χ2v) is 12.0. The highest BCUT2D eigenvalue weighted by Gasteiger charge is 2.33. The van der Waals surface area contributed by atoms with E-state index in [1.54, 1.807) is 24.1 Å². The van der Waals surface area contributed by atoms with Gasteiger partial charge in [-0.3, -0.25) is 4.79 Å². The van der Waals surface area contributed by atoms with E-state index in [4.69, 9.17) is 19.2 Å². The fourth-order valence-corrected chi connectivity index (χ4v) is 6.19. The van der Waals surface area contributed by atoms with E-state index in [0.29, 0.717) is 43.5 Å². The van der Waals surface area contributed by atoms with Crippen LogP contribution in [0.3, 0.4) is 0 Å². The summed E-state index contributed by atoms with van der Waals surface area (Å²) in [4.78, 5) is 42.0. The number of methoxy groups -OCH3 is 1. The SMILES string of the molecule is COc1cc(NC(=O)c2cc(N3CCN(C(=O)OCc4ccccc4)[C@@H](CC#N)C3)nc(OC[C@@H]3CCCN3C)n2)c2ccccc2c1. The first-order chi connectivity index (χ1) is 23.4. The molecule has 3 heterocycles. The molecular formula is C36H39N7O5. The lowest BCUT2D eigenvalue weighted by atomic mass is 10.1. The maximum Gasteiger partial charge on any atom is 0.410 e. The number of piperazine rings is 1. The van der Waals surface area contributed by atoms with Gasteiger partial charge in [0.25, 0.3) is 5.91 Å². The van der Waals surface area contributed by atoms with Crippen molar-refractivity contribution in [2.24, 2.45) is 0 Å². The second kappa shape index (κ2) is 15.0. The van der Waals surface area contributed by atoms with Crippen LogP contribution in [0, 0.1) is 11.3 Å². The molecule has 248 valence electrons. The zero-order valence-corrected chi connectivity index (χ0v) is 27.2. The molecule has 3 aromatic carbocycles. The van der Waals surface area contributed by atoms with Gasteiger partial charge in [-0.05, 0) is 43.5 Å². The molecule has 0 spiro atoms. The summed E-state index contributed by atoms with van der Waals surface area (Å²) >= 11 is 0. The number of nitrogens with one attached hydrogen (secondary N) is 1. The van der Waals surface area contributed by atoms with Crippen LogP contribution in [0.5, 0.6) is 11.8 Å². The van der Waals surface area contributed by atoms with Crippen molar-refractivity contribution < 1.29 is 23.8 Å². The second-order valence-electron chi connectivity index (χ2n) is 12.0. The van der Waals surface area contributed by atoms with Crippen LogP contribution in [-0.2, 0) is 11.3 Å². The number of aromatic nitrogens is 2. The van der Waals surface area contributed by atoms with Gasteiger partial charge in [-0.1, -0.05) is 54.6 Å². The van der Waals surface area contributed by atoms with Gasteiger partial charge in [0.05, 0.1) is 31.3 Å². The van der Waals surface area contributed by atoms with E-state index >= 15 is 0 Å². The molecule has 2 aliphatic heterocycles. The first-order valence-electron chi connectivity index (χ1n) is 16.1. The Morgan fingerprint density at radius 2 is 1.81 bits per heavy atom. The molecule has 2 saturated heterocycles. The summed E-state index contributed by atoms with van der Waals surface area (Å²) in [6.45, 7) is 2.56. The van der Waals surface area contributed by atoms with Crippen LogP contribution in [-0.4, -0.2) is 90.8 Å². The van der Waals surface area contributed by atoms with E-state index in [1.807, 2.05) is 65.6 Å². The lowest BCUT2D eigenvalue weighted by molar-refractivity contribution is 0.0767. The molecule has 1 aromatic heterocycles. The standard InChI is InChI=1S/C36H39N7O5/c1-41-16-8-12-28(41)24-47-35-39-32(34(44)38-31-20-29(46-2)19-26-11-6-7-13-30(26)31)21-33(40-35)42-17-18-43(27(22-42)14-15-37)36(45)48-23-25-9-4-3-5-10-25/h3-7,9-11,13,19-21,27-28H,8,12,14,16-18,22-24H2,1-2H3,(H,38,44)/t27-,28-/m0/s1. The Balaban J connectivity index is 1.24. The Morgan fingerprint density at radius 1 is 1.00 bits per heavy atom. The van der Waals surface area contributed by atoms with Crippen LogP contribution >= 0.6 is 0 Å². The molecule has 1 N–H and O–H groups in total. The number of carbonyl (C=O) groups excluding carboxylic acids is 2. The van der Waals surface area contributed by atoms with Gasteiger partial charge in [0.2, 0.25) is 0 Å². The van der Waals surface area contributed by atoms with Crippen molar-refractivity contribution in [3.63, 3.8) is 0 Å². The lowest BCUT2D eigenvalue weighted by Gasteiger charge is -2.40. The molecule has 2 aliphatic rings. The smallest absolute Gasteiger partial charge is 0.410 e. The molecule has 0 bridgehead atoms. The van der Waals surface area contributed by atoms with Gasteiger partial charge >= 0.3 is 12.1 Å². The minimum absolute atomic E-state index is 0.0926. The molecule has 0 radical (unpaired) electrons. The minimum atomic E-state index is -0.475. The van der Waals surface area contributed by atoms with Crippen LogP contribution in [0.1, 0.15) is 35.3 Å². The molecule has 12 nitrogen and oxygen atoms in total. The van der Waals surface area contributed by atoms with Gasteiger partial charge in [0.15, 0.2) is 0 Å². The maximum atomic E-state index is 13.8.